The first-order valence-corrected chi connectivity index (χ1v) is 6.51. The van der Waals surface area contributed by atoms with Crippen LogP contribution in [0.4, 0.5) is 18.9 Å². The van der Waals surface area contributed by atoms with Crippen LogP contribution in [0.2, 0.25) is 5.02 Å². The number of alkyl halides is 3. The molecule has 1 unspecified atom stereocenters. The summed E-state index contributed by atoms with van der Waals surface area (Å²) in [5, 5.41) is 2.26. The molecule has 1 atom stereocenters. The van der Waals surface area contributed by atoms with Gasteiger partial charge in [0.25, 0.3) is 0 Å². The van der Waals surface area contributed by atoms with Crippen LogP contribution in [0.3, 0.4) is 0 Å². The van der Waals surface area contributed by atoms with Crippen LogP contribution in [0.25, 0.3) is 0 Å². The highest BCUT2D eigenvalue weighted by atomic mass is 35.5. The van der Waals surface area contributed by atoms with Crippen molar-refractivity contribution in [2.75, 3.05) is 11.9 Å². The Kier molecular flexibility index (Phi) is 5.83. The zero-order valence-electron chi connectivity index (χ0n) is 10.9. The summed E-state index contributed by atoms with van der Waals surface area (Å²) in [5.74, 6) is -0.874. The maximum atomic E-state index is 12.9. The van der Waals surface area contributed by atoms with E-state index in [1.54, 1.807) is 6.92 Å². The molecular weight excluding hydrogens is 293 g/mol. The Morgan fingerprint density at radius 1 is 1.45 bits per heavy atom. The first kappa shape index (κ1) is 16.8. The summed E-state index contributed by atoms with van der Waals surface area (Å²) in [6.07, 6.45) is -3.41. The Balaban J connectivity index is 2.90. The lowest BCUT2D eigenvalue weighted by Gasteiger charge is -2.16. The minimum Gasteiger partial charge on any atom is -0.330 e. The van der Waals surface area contributed by atoms with Crippen molar-refractivity contribution in [3.8, 4) is 0 Å². The zero-order valence-corrected chi connectivity index (χ0v) is 11.7. The Labute approximate surface area is 120 Å². The minimum atomic E-state index is -4.58. The number of rotatable bonds is 5. The molecule has 20 heavy (non-hydrogen) atoms. The van der Waals surface area contributed by atoms with Crippen molar-refractivity contribution in [1.82, 2.24) is 0 Å². The molecule has 0 heterocycles. The van der Waals surface area contributed by atoms with Gasteiger partial charge in [0, 0.05) is 10.9 Å². The Morgan fingerprint density at radius 3 is 2.65 bits per heavy atom. The molecule has 3 N–H and O–H groups in total. The molecule has 0 fully saturated rings. The molecule has 0 spiro atoms. The van der Waals surface area contributed by atoms with Crippen LogP contribution in [-0.4, -0.2) is 12.5 Å². The first-order valence-electron chi connectivity index (χ1n) is 6.13. The smallest absolute Gasteiger partial charge is 0.330 e. The number of anilines is 1. The van der Waals surface area contributed by atoms with Crippen LogP contribution >= 0.6 is 11.6 Å². The van der Waals surface area contributed by atoms with Crippen molar-refractivity contribution in [1.29, 1.82) is 0 Å². The molecule has 1 aromatic carbocycles. The van der Waals surface area contributed by atoms with Crippen LogP contribution in [0.5, 0.6) is 0 Å². The van der Waals surface area contributed by atoms with Gasteiger partial charge in [-0.3, -0.25) is 4.79 Å². The lowest BCUT2D eigenvalue weighted by atomic mass is 10.0. The summed E-state index contributed by atoms with van der Waals surface area (Å²) in [7, 11) is 0. The summed E-state index contributed by atoms with van der Waals surface area (Å²) in [4.78, 5) is 11.8. The highest BCUT2D eigenvalue weighted by Gasteiger charge is 2.34. The number of halogens is 4. The number of carbonyl (C=O) groups is 1. The van der Waals surface area contributed by atoms with E-state index in [-0.39, 0.29) is 10.7 Å². The fraction of sp³-hybridized carbons (Fsp3) is 0.462. The van der Waals surface area contributed by atoms with Crippen LogP contribution in [0, 0.1) is 5.92 Å². The van der Waals surface area contributed by atoms with Gasteiger partial charge >= 0.3 is 6.18 Å². The van der Waals surface area contributed by atoms with E-state index >= 15 is 0 Å². The molecule has 0 bridgehead atoms. The summed E-state index contributed by atoms with van der Waals surface area (Å²) in [6.45, 7) is 2.08. The van der Waals surface area contributed by atoms with Gasteiger partial charge in [-0.05, 0) is 37.6 Å². The third-order valence-corrected chi connectivity index (χ3v) is 3.07. The van der Waals surface area contributed by atoms with Crippen molar-refractivity contribution >= 4 is 23.2 Å². The highest BCUT2D eigenvalue weighted by molar-refractivity contribution is 6.30. The fourth-order valence-corrected chi connectivity index (χ4v) is 1.84. The molecule has 0 saturated heterocycles. The van der Waals surface area contributed by atoms with Crippen LogP contribution in [0.15, 0.2) is 18.2 Å². The second kappa shape index (κ2) is 6.95. The van der Waals surface area contributed by atoms with E-state index in [2.05, 4.69) is 5.32 Å². The quantitative estimate of drug-likeness (QED) is 0.872. The molecule has 0 saturated carbocycles. The molecule has 1 amide bonds. The number of carbonyl (C=O) groups excluding carboxylic acids is 1. The average molecular weight is 309 g/mol. The highest BCUT2D eigenvalue weighted by Crippen LogP contribution is 2.36. The van der Waals surface area contributed by atoms with Gasteiger partial charge in [0.15, 0.2) is 0 Å². The molecule has 1 aromatic rings. The number of amides is 1. The van der Waals surface area contributed by atoms with E-state index in [1.165, 1.54) is 6.07 Å². The van der Waals surface area contributed by atoms with E-state index in [0.29, 0.717) is 19.4 Å². The van der Waals surface area contributed by atoms with Gasteiger partial charge in [-0.15, -0.1) is 0 Å². The van der Waals surface area contributed by atoms with Gasteiger partial charge in [-0.2, -0.15) is 13.2 Å². The van der Waals surface area contributed by atoms with Gasteiger partial charge < -0.3 is 11.1 Å². The van der Waals surface area contributed by atoms with Crippen molar-refractivity contribution in [2.24, 2.45) is 11.7 Å². The molecule has 0 aliphatic heterocycles. The van der Waals surface area contributed by atoms with E-state index in [1.807, 2.05) is 0 Å². The van der Waals surface area contributed by atoms with Gasteiger partial charge in [-0.25, -0.2) is 0 Å². The van der Waals surface area contributed by atoms with Gasteiger partial charge in [0.1, 0.15) is 0 Å². The Hall–Kier alpha value is -1.27. The third kappa shape index (κ3) is 4.68. The van der Waals surface area contributed by atoms with Gasteiger partial charge in [0.2, 0.25) is 5.91 Å². The fourth-order valence-electron chi connectivity index (χ4n) is 1.67. The molecule has 7 heteroatoms. The molecule has 1 rings (SSSR count). The monoisotopic (exact) mass is 308 g/mol. The normalized spacial score (nSPS) is 13.1. The van der Waals surface area contributed by atoms with Crippen LogP contribution in [-0.2, 0) is 11.0 Å². The predicted octanol–water partition coefficient (Wildman–Crippen LogP) is 3.67. The lowest BCUT2D eigenvalue weighted by molar-refractivity contribution is -0.137. The molecule has 0 aromatic heterocycles. The molecular formula is C13H16ClF3N2O. The Morgan fingerprint density at radius 2 is 2.10 bits per heavy atom. The van der Waals surface area contributed by atoms with Crippen molar-refractivity contribution in [3.63, 3.8) is 0 Å². The molecule has 0 radical (unpaired) electrons. The van der Waals surface area contributed by atoms with Crippen LogP contribution < -0.4 is 11.1 Å². The van der Waals surface area contributed by atoms with E-state index in [4.69, 9.17) is 17.3 Å². The van der Waals surface area contributed by atoms with E-state index in [0.717, 1.165) is 12.1 Å². The SMILES string of the molecule is CC(CCCN)C(=O)Nc1ccc(Cl)cc1C(F)(F)F. The Bertz CT molecular complexity index is 477. The minimum absolute atomic E-state index is 0.0356. The van der Waals surface area contributed by atoms with Crippen molar-refractivity contribution < 1.29 is 18.0 Å². The summed E-state index contributed by atoms with van der Waals surface area (Å²) < 4.78 is 38.6. The predicted molar refractivity (Wildman–Crippen MR) is 72.5 cm³/mol. The molecule has 0 aliphatic rings. The number of hydrogen-bond acceptors (Lipinski definition) is 2. The summed E-state index contributed by atoms with van der Waals surface area (Å²) in [5.41, 5.74) is 4.09. The molecule has 112 valence electrons. The second-order valence-electron chi connectivity index (χ2n) is 4.51. The summed E-state index contributed by atoms with van der Waals surface area (Å²) >= 11 is 5.56. The van der Waals surface area contributed by atoms with E-state index in [9.17, 15) is 18.0 Å². The number of nitrogens with one attached hydrogen (secondary N) is 1. The maximum Gasteiger partial charge on any atom is 0.418 e. The number of hydrogen-bond donors (Lipinski definition) is 2. The molecule has 3 nitrogen and oxygen atoms in total. The zero-order chi connectivity index (χ0) is 15.3. The number of benzene rings is 1. The largest absolute Gasteiger partial charge is 0.418 e. The average Bonchev–Trinajstić information content (AvgIpc) is 2.36. The third-order valence-electron chi connectivity index (χ3n) is 2.83. The summed E-state index contributed by atoms with van der Waals surface area (Å²) in [6, 6.07) is 3.25. The van der Waals surface area contributed by atoms with Crippen molar-refractivity contribution in [2.45, 2.75) is 25.9 Å². The standard InChI is InChI=1S/C13H16ClF3N2O/c1-8(3-2-6-18)12(20)19-11-5-4-9(14)7-10(11)13(15,16)17/h4-5,7-8H,2-3,6,18H2,1H3,(H,19,20). The molecule has 0 aliphatic carbocycles. The van der Waals surface area contributed by atoms with Gasteiger partial charge in [0.05, 0.1) is 11.3 Å². The lowest BCUT2D eigenvalue weighted by Crippen LogP contribution is -2.23. The van der Waals surface area contributed by atoms with Gasteiger partial charge in [-0.1, -0.05) is 18.5 Å². The van der Waals surface area contributed by atoms with E-state index < -0.39 is 23.6 Å². The maximum absolute atomic E-state index is 12.9. The topological polar surface area (TPSA) is 55.1 Å². The second-order valence-corrected chi connectivity index (χ2v) is 4.95. The first-order chi connectivity index (χ1) is 9.25. The van der Waals surface area contributed by atoms with Crippen molar-refractivity contribution in [3.05, 3.63) is 28.8 Å². The number of nitrogens with two attached hydrogens (primary N) is 1. The van der Waals surface area contributed by atoms with Crippen LogP contribution in [0.1, 0.15) is 25.3 Å².